The Labute approximate surface area is 55.0 Å². The molecule has 48 valence electrons. The van der Waals surface area contributed by atoms with Crippen molar-refractivity contribution in [2.45, 2.75) is 31.4 Å². The maximum atomic E-state index is 5.13. The van der Waals surface area contributed by atoms with Crippen LogP contribution in [0.3, 0.4) is 0 Å². The highest BCUT2D eigenvalue weighted by atomic mass is 32.2. The van der Waals surface area contributed by atoms with Crippen molar-refractivity contribution in [2.24, 2.45) is 0 Å². The minimum atomic E-state index is 0.806. The third-order valence-corrected chi connectivity index (χ3v) is 2.38. The summed E-state index contributed by atoms with van der Waals surface area (Å²) in [5.74, 6) is 0. The van der Waals surface area contributed by atoms with Gasteiger partial charge in [-0.15, -0.1) is 0 Å². The lowest BCUT2D eigenvalue weighted by Gasteiger charge is -1.99. The number of hydrogen-bond donors (Lipinski definition) is 0. The molecule has 0 aromatic heterocycles. The van der Waals surface area contributed by atoms with E-state index in [1.165, 1.54) is 19.3 Å². The summed E-state index contributed by atoms with van der Waals surface area (Å²) < 4.78 is 5.13. The Morgan fingerprint density at radius 2 is 2.62 bits per heavy atom. The molecule has 0 N–H and O–H groups in total. The van der Waals surface area contributed by atoms with Crippen LogP contribution < -0.4 is 0 Å². The summed E-state index contributed by atoms with van der Waals surface area (Å²) >= 11 is 1.67. The zero-order valence-corrected chi connectivity index (χ0v) is 6.04. The Morgan fingerprint density at radius 3 is 3.12 bits per heavy atom. The van der Waals surface area contributed by atoms with E-state index >= 15 is 0 Å². The molecule has 1 nitrogen and oxygen atoms in total. The molecule has 0 aromatic rings. The normalized spacial score (nSPS) is 28.9. The van der Waals surface area contributed by atoms with Crippen LogP contribution in [0.25, 0.3) is 0 Å². The van der Waals surface area contributed by atoms with Gasteiger partial charge in [-0.3, -0.25) is 0 Å². The summed E-state index contributed by atoms with van der Waals surface area (Å²) in [4.78, 5) is 0. The molecule has 1 saturated heterocycles. The Kier molecular flexibility index (Phi) is 2.70. The summed E-state index contributed by atoms with van der Waals surface area (Å²) in [5, 5.41) is 0.806. The fraction of sp³-hybridized carbons (Fsp3) is 1.00. The van der Waals surface area contributed by atoms with Crippen molar-refractivity contribution in [3.05, 3.63) is 0 Å². The van der Waals surface area contributed by atoms with Crippen molar-refractivity contribution in [3.63, 3.8) is 0 Å². The van der Waals surface area contributed by atoms with E-state index in [1.54, 1.807) is 12.0 Å². The lowest BCUT2D eigenvalue weighted by atomic mass is 10.2. The first-order valence-corrected chi connectivity index (χ1v) is 4.02. The van der Waals surface area contributed by atoms with Crippen LogP contribution in [-0.2, 0) is 4.18 Å². The average Bonchev–Trinajstić information content (AvgIpc) is 2.19. The molecule has 0 bridgehead atoms. The Bertz CT molecular complexity index is 59.5. The molecule has 0 radical (unpaired) electrons. The lowest BCUT2D eigenvalue weighted by Crippen LogP contribution is -1.94. The molecule has 1 rings (SSSR count). The first-order chi connectivity index (χ1) is 3.93. The summed E-state index contributed by atoms with van der Waals surface area (Å²) in [6.07, 6.45) is 3.88. The Balaban J connectivity index is 2.06. The molecule has 0 spiro atoms. The largest absolute Gasteiger partial charge is 0.315 e. The molecule has 1 aliphatic rings. The smallest absolute Gasteiger partial charge is 0.0625 e. The van der Waals surface area contributed by atoms with Gasteiger partial charge in [0.2, 0.25) is 0 Å². The molecular weight excluding hydrogens is 120 g/mol. The van der Waals surface area contributed by atoms with E-state index in [4.69, 9.17) is 4.18 Å². The van der Waals surface area contributed by atoms with Crippen LogP contribution in [0.5, 0.6) is 0 Å². The van der Waals surface area contributed by atoms with Gasteiger partial charge in [0, 0.05) is 5.25 Å². The van der Waals surface area contributed by atoms with E-state index in [0.29, 0.717) is 0 Å². The second-order valence-corrected chi connectivity index (χ2v) is 3.21. The van der Waals surface area contributed by atoms with Gasteiger partial charge in [0.15, 0.2) is 0 Å². The van der Waals surface area contributed by atoms with E-state index in [-0.39, 0.29) is 0 Å². The van der Waals surface area contributed by atoms with Gasteiger partial charge in [0.25, 0.3) is 0 Å². The molecule has 8 heavy (non-hydrogen) atoms. The molecular formula is C6H12OS. The summed E-state index contributed by atoms with van der Waals surface area (Å²) in [5.41, 5.74) is 0. The molecule has 0 saturated carbocycles. The first-order valence-electron chi connectivity index (χ1n) is 3.21. The number of hydrogen-bond acceptors (Lipinski definition) is 2. The zero-order valence-electron chi connectivity index (χ0n) is 5.22. The maximum Gasteiger partial charge on any atom is 0.0625 e. The highest BCUT2D eigenvalue weighted by molar-refractivity contribution is 7.95. The Morgan fingerprint density at radius 1 is 1.75 bits per heavy atom. The second kappa shape index (κ2) is 3.36. The van der Waals surface area contributed by atoms with Crippen molar-refractivity contribution in [1.29, 1.82) is 0 Å². The average molecular weight is 132 g/mol. The maximum absolute atomic E-state index is 5.13. The van der Waals surface area contributed by atoms with Crippen molar-refractivity contribution < 1.29 is 4.18 Å². The molecule has 0 amide bonds. The van der Waals surface area contributed by atoms with Crippen LogP contribution in [-0.4, -0.2) is 11.9 Å². The molecule has 1 unspecified atom stereocenters. The minimum absolute atomic E-state index is 0.806. The lowest BCUT2D eigenvalue weighted by molar-refractivity contribution is 0.400. The van der Waals surface area contributed by atoms with Crippen LogP contribution in [0.15, 0.2) is 0 Å². The fourth-order valence-electron chi connectivity index (χ4n) is 0.886. The standard InChI is InChI=1S/C6H12OS/c1-2-3-6-4-5-7-8-6/h6H,2-5H2,1H3. The fourth-order valence-corrected chi connectivity index (χ4v) is 1.80. The van der Waals surface area contributed by atoms with Crippen molar-refractivity contribution in [1.82, 2.24) is 0 Å². The topological polar surface area (TPSA) is 9.23 Å². The van der Waals surface area contributed by atoms with Crippen molar-refractivity contribution in [2.75, 3.05) is 6.61 Å². The summed E-state index contributed by atoms with van der Waals surface area (Å²) in [6.45, 7) is 3.19. The highest BCUT2D eigenvalue weighted by Gasteiger charge is 2.14. The van der Waals surface area contributed by atoms with E-state index < -0.39 is 0 Å². The van der Waals surface area contributed by atoms with Crippen LogP contribution in [0, 0.1) is 0 Å². The van der Waals surface area contributed by atoms with E-state index in [2.05, 4.69) is 6.92 Å². The van der Waals surface area contributed by atoms with Gasteiger partial charge in [-0.05, 0) is 24.9 Å². The van der Waals surface area contributed by atoms with Gasteiger partial charge in [-0.25, -0.2) is 0 Å². The van der Waals surface area contributed by atoms with Crippen LogP contribution >= 0.6 is 12.0 Å². The van der Waals surface area contributed by atoms with Gasteiger partial charge in [-0.2, -0.15) is 0 Å². The zero-order chi connectivity index (χ0) is 5.82. The van der Waals surface area contributed by atoms with E-state index in [1.807, 2.05) is 0 Å². The summed E-state index contributed by atoms with van der Waals surface area (Å²) in [6, 6.07) is 0. The predicted molar refractivity (Wildman–Crippen MR) is 36.9 cm³/mol. The molecule has 1 aliphatic heterocycles. The molecule has 2 heteroatoms. The second-order valence-electron chi connectivity index (χ2n) is 2.12. The molecule has 1 fully saturated rings. The highest BCUT2D eigenvalue weighted by Crippen LogP contribution is 2.27. The molecule has 0 aromatic carbocycles. The van der Waals surface area contributed by atoms with E-state index in [9.17, 15) is 0 Å². The first kappa shape index (κ1) is 6.43. The number of rotatable bonds is 2. The molecule has 0 aliphatic carbocycles. The van der Waals surface area contributed by atoms with Crippen molar-refractivity contribution >= 4 is 12.0 Å². The van der Waals surface area contributed by atoms with Crippen LogP contribution in [0.2, 0.25) is 0 Å². The summed E-state index contributed by atoms with van der Waals surface area (Å²) in [7, 11) is 0. The van der Waals surface area contributed by atoms with Gasteiger partial charge < -0.3 is 4.18 Å². The van der Waals surface area contributed by atoms with Crippen molar-refractivity contribution in [3.8, 4) is 0 Å². The quantitative estimate of drug-likeness (QED) is 0.533. The SMILES string of the molecule is CCCC1CCOS1. The molecule has 1 heterocycles. The Hall–Kier alpha value is 0.310. The van der Waals surface area contributed by atoms with Gasteiger partial charge >= 0.3 is 0 Å². The third-order valence-electron chi connectivity index (χ3n) is 1.34. The predicted octanol–water partition coefficient (Wildman–Crippen LogP) is 2.22. The van der Waals surface area contributed by atoms with Crippen LogP contribution in [0.4, 0.5) is 0 Å². The van der Waals surface area contributed by atoms with Gasteiger partial charge in [-0.1, -0.05) is 13.3 Å². The van der Waals surface area contributed by atoms with Crippen LogP contribution in [0.1, 0.15) is 26.2 Å². The van der Waals surface area contributed by atoms with Gasteiger partial charge in [0.1, 0.15) is 0 Å². The third kappa shape index (κ3) is 1.67. The van der Waals surface area contributed by atoms with E-state index in [0.717, 1.165) is 11.9 Å². The molecule has 1 atom stereocenters. The minimum Gasteiger partial charge on any atom is -0.315 e. The monoisotopic (exact) mass is 132 g/mol. The van der Waals surface area contributed by atoms with Gasteiger partial charge in [0.05, 0.1) is 6.61 Å².